The maximum absolute atomic E-state index is 14.0. The zero-order valence-electron chi connectivity index (χ0n) is 44.3. The first-order chi connectivity index (χ1) is 37.6. The Balaban J connectivity index is 0.742. The Kier molecular flexibility index (Phi) is 14.8. The van der Waals surface area contributed by atoms with Crippen LogP contribution in [0.4, 0.5) is 10.5 Å². The number of benzene rings is 3. The van der Waals surface area contributed by atoms with Crippen LogP contribution in [-0.2, 0) is 23.1 Å². The number of hydrogen-bond donors (Lipinski definition) is 4. The van der Waals surface area contributed by atoms with Gasteiger partial charge < -0.3 is 30.1 Å². The summed E-state index contributed by atoms with van der Waals surface area (Å²) in [5.74, 6) is -1.09. The lowest BCUT2D eigenvalue weighted by Gasteiger charge is -2.35. The zero-order chi connectivity index (χ0) is 54.9. The number of hydrogen-bond acceptors (Lipinski definition) is 14. The average molecular weight is 1060 g/mol. The fourth-order valence-corrected chi connectivity index (χ4v) is 10.3. The van der Waals surface area contributed by atoms with Crippen molar-refractivity contribution in [3.8, 4) is 39.8 Å². The molecule has 10 rings (SSSR count). The van der Waals surface area contributed by atoms with Gasteiger partial charge in [-0.25, -0.2) is 14.6 Å². The largest absolute Gasteiger partial charge is 0.508 e. The number of pyridine rings is 3. The Hall–Kier alpha value is -8.98. The molecule has 7 heterocycles. The second-order valence-corrected chi connectivity index (χ2v) is 20.1. The molecule has 0 aliphatic carbocycles. The van der Waals surface area contributed by atoms with Crippen molar-refractivity contribution in [2.24, 2.45) is 7.05 Å². The van der Waals surface area contributed by atoms with Gasteiger partial charge in [0.2, 0.25) is 5.82 Å². The molecule has 0 radical (unpaired) electrons. The van der Waals surface area contributed by atoms with Gasteiger partial charge in [-0.05, 0) is 105 Å². The fraction of sp³-hybridized carbons (Fsp3) is 0.333. The standard InChI is InChI=1S/C57H61N13O8/c1-7-58-53(73)52-64-63-51(42-28-41(33(2)3)47(71)29-48(42)72)70(52)38-16-13-36(14-17-38)32-66-24-26-68(27-25-66)55(75)40-10-8-9-11-44(40)62-56(76)78-35(5)54(74)67-22-20-39(21-23-67)69-50-46(65(6)57(69)77)31-60-45-19-18-43(61-49(45)50)37-15-12-34(4)59-30-37/h8-19,28-31,33,35,39,71-72H,7,20-27,32H2,1-6H3,(H,58,73)(H,62,76)/t35-/m0/s1. The van der Waals surface area contributed by atoms with Crippen LogP contribution in [0.3, 0.4) is 0 Å². The Labute approximate surface area is 449 Å². The van der Waals surface area contributed by atoms with Gasteiger partial charge in [-0.2, -0.15) is 0 Å². The van der Waals surface area contributed by atoms with E-state index in [0.29, 0.717) is 110 Å². The van der Waals surface area contributed by atoms with Crippen molar-refractivity contribution >= 4 is 51.6 Å². The van der Waals surface area contributed by atoms with Crippen LogP contribution in [-0.4, -0.2) is 139 Å². The number of ether oxygens (including phenoxy) is 1. The van der Waals surface area contributed by atoms with Crippen LogP contribution in [0.25, 0.3) is 50.4 Å². The number of aromatic hydroxyl groups is 2. The minimum Gasteiger partial charge on any atom is -0.508 e. The molecule has 2 aliphatic heterocycles. The van der Waals surface area contributed by atoms with Gasteiger partial charge in [-0.15, -0.1) is 10.2 Å². The molecule has 5 aromatic heterocycles. The number of nitrogens with one attached hydrogen (secondary N) is 2. The molecule has 4 N–H and O–H groups in total. The molecule has 2 saturated heterocycles. The van der Waals surface area contributed by atoms with Gasteiger partial charge in [-0.3, -0.25) is 48.3 Å². The van der Waals surface area contributed by atoms with Crippen molar-refractivity contribution in [3.63, 3.8) is 0 Å². The second kappa shape index (κ2) is 21.9. The van der Waals surface area contributed by atoms with E-state index in [1.807, 2.05) is 69.3 Å². The van der Waals surface area contributed by atoms with Crippen LogP contribution in [0.1, 0.15) is 90.3 Å². The van der Waals surface area contributed by atoms with Crippen molar-refractivity contribution in [2.45, 2.75) is 72.1 Å². The number of likely N-dealkylation sites (tertiary alicyclic amines) is 1. The molecule has 21 heteroatoms. The molecule has 2 fully saturated rings. The molecule has 2 aliphatic rings. The van der Waals surface area contributed by atoms with E-state index in [1.165, 1.54) is 13.0 Å². The van der Waals surface area contributed by atoms with Crippen LogP contribution in [0.15, 0.2) is 102 Å². The summed E-state index contributed by atoms with van der Waals surface area (Å²) in [5.41, 5.74) is 7.88. The number of aromatic nitrogens is 8. The Morgan fingerprint density at radius 3 is 2.27 bits per heavy atom. The predicted molar refractivity (Wildman–Crippen MR) is 293 cm³/mol. The van der Waals surface area contributed by atoms with Gasteiger partial charge >= 0.3 is 11.8 Å². The molecule has 1 atom stereocenters. The lowest BCUT2D eigenvalue weighted by atomic mass is 9.98. The van der Waals surface area contributed by atoms with E-state index in [2.05, 4.69) is 35.7 Å². The number of carbonyl (C=O) groups excluding carboxylic acids is 4. The van der Waals surface area contributed by atoms with E-state index in [4.69, 9.17) is 9.72 Å². The van der Waals surface area contributed by atoms with Gasteiger partial charge in [0, 0.05) is 94.7 Å². The predicted octanol–water partition coefficient (Wildman–Crippen LogP) is 6.94. The number of phenols is 2. The fourth-order valence-electron chi connectivity index (χ4n) is 10.3. The highest BCUT2D eigenvalue weighted by molar-refractivity contribution is 6.03. The number of rotatable bonds is 13. The van der Waals surface area contributed by atoms with Gasteiger partial charge in [0.25, 0.3) is 17.7 Å². The number of aryl methyl sites for hydroxylation is 2. The van der Waals surface area contributed by atoms with E-state index >= 15 is 0 Å². The molecular formula is C57H61N13O8. The number of anilines is 1. The molecule has 0 unspecified atom stereocenters. The Morgan fingerprint density at radius 2 is 1.56 bits per heavy atom. The number of para-hydroxylation sites is 1. The van der Waals surface area contributed by atoms with Crippen LogP contribution < -0.4 is 16.3 Å². The van der Waals surface area contributed by atoms with Crippen LogP contribution >= 0.6 is 0 Å². The van der Waals surface area contributed by atoms with E-state index in [0.717, 1.165) is 16.8 Å². The molecule has 3 aromatic carbocycles. The lowest BCUT2D eigenvalue weighted by molar-refractivity contribution is -0.140. The zero-order valence-corrected chi connectivity index (χ0v) is 44.3. The third-order valence-electron chi connectivity index (χ3n) is 14.6. The van der Waals surface area contributed by atoms with Gasteiger partial charge in [-0.1, -0.05) is 38.1 Å². The third-order valence-corrected chi connectivity index (χ3v) is 14.6. The first-order valence-electron chi connectivity index (χ1n) is 26.1. The van der Waals surface area contributed by atoms with Gasteiger partial charge in [0.05, 0.1) is 45.3 Å². The molecule has 78 heavy (non-hydrogen) atoms. The summed E-state index contributed by atoms with van der Waals surface area (Å²) >= 11 is 0. The minimum atomic E-state index is -1.13. The summed E-state index contributed by atoms with van der Waals surface area (Å²) in [6, 6.07) is 24.7. The normalized spacial score (nSPS) is 14.8. The molecule has 8 aromatic rings. The SMILES string of the molecule is CCNC(=O)c1nnc(-c2cc(C(C)C)c(O)cc2O)n1-c1ccc(CN2CCN(C(=O)c3ccccc3NC(=O)O[C@@H](C)C(=O)N3CCC(n4c(=O)n(C)c5cnc6ccc(-c7ccc(C)nc7)nc6c54)CC3)CC2)cc1. The summed E-state index contributed by atoms with van der Waals surface area (Å²) < 4.78 is 10.6. The summed E-state index contributed by atoms with van der Waals surface area (Å²) in [6.07, 6.45) is 2.42. The van der Waals surface area contributed by atoms with Crippen LogP contribution in [0.5, 0.6) is 11.5 Å². The highest BCUT2D eigenvalue weighted by atomic mass is 16.6. The highest BCUT2D eigenvalue weighted by Crippen LogP contribution is 2.39. The lowest BCUT2D eigenvalue weighted by Crippen LogP contribution is -2.48. The van der Waals surface area contributed by atoms with Gasteiger partial charge in [0.15, 0.2) is 11.9 Å². The maximum atomic E-state index is 14.0. The topological polar surface area (TPSA) is 248 Å². The van der Waals surface area contributed by atoms with E-state index in [-0.39, 0.29) is 63.9 Å². The number of fused-ring (bicyclic) bond motifs is 3. The van der Waals surface area contributed by atoms with Crippen LogP contribution in [0.2, 0.25) is 0 Å². The quantitative estimate of drug-likeness (QED) is 0.0914. The molecule has 402 valence electrons. The number of nitrogens with zero attached hydrogens (tertiary/aromatic N) is 11. The highest BCUT2D eigenvalue weighted by Gasteiger charge is 2.33. The first kappa shape index (κ1) is 52.5. The first-order valence-corrected chi connectivity index (χ1v) is 26.1. The van der Waals surface area contributed by atoms with Crippen molar-refractivity contribution < 1.29 is 34.1 Å². The van der Waals surface area contributed by atoms with Crippen molar-refractivity contribution in [1.82, 2.24) is 58.9 Å². The van der Waals surface area contributed by atoms with Gasteiger partial charge in [0.1, 0.15) is 17.0 Å². The van der Waals surface area contributed by atoms with Crippen LogP contribution in [0, 0.1) is 6.92 Å². The Morgan fingerprint density at radius 1 is 0.821 bits per heavy atom. The molecular weight excluding hydrogens is 995 g/mol. The number of piperidine rings is 1. The van der Waals surface area contributed by atoms with E-state index in [9.17, 15) is 34.2 Å². The summed E-state index contributed by atoms with van der Waals surface area (Å²) in [7, 11) is 1.72. The average Bonchev–Trinajstić information content (AvgIpc) is 4.18. The monoisotopic (exact) mass is 1060 g/mol. The number of amides is 4. The third kappa shape index (κ3) is 10.3. The summed E-state index contributed by atoms with van der Waals surface area (Å²) in [6.45, 7) is 12.7. The summed E-state index contributed by atoms with van der Waals surface area (Å²) in [4.78, 5) is 87.8. The number of piperazine rings is 1. The van der Waals surface area contributed by atoms with Crippen molar-refractivity contribution in [1.29, 1.82) is 0 Å². The van der Waals surface area contributed by atoms with Crippen molar-refractivity contribution in [3.05, 3.63) is 136 Å². The molecule has 0 saturated carbocycles. The smallest absolute Gasteiger partial charge is 0.412 e. The number of imidazole rings is 1. The minimum absolute atomic E-state index is 0.0390. The van der Waals surface area contributed by atoms with E-state index < -0.39 is 18.1 Å². The Bertz CT molecular complexity index is 3650. The molecule has 0 spiro atoms. The number of phenolic OH excluding ortho intramolecular Hbond substituents is 2. The van der Waals surface area contributed by atoms with E-state index in [1.54, 1.807) is 80.2 Å². The maximum Gasteiger partial charge on any atom is 0.412 e. The molecule has 0 bridgehead atoms. The van der Waals surface area contributed by atoms with Crippen molar-refractivity contribution in [2.75, 3.05) is 51.1 Å². The molecule has 4 amide bonds. The molecule has 21 nitrogen and oxygen atoms in total. The number of carbonyl (C=O) groups is 4. The second-order valence-electron chi connectivity index (χ2n) is 20.1. The summed E-state index contributed by atoms with van der Waals surface area (Å²) in [5, 5.41) is 35.4.